The summed E-state index contributed by atoms with van der Waals surface area (Å²) in [6.45, 7) is 5.92. The Bertz CT molecular complexity index is 858. The van der Waals surface area contributed by atoms with Crippen LogP contribution in [0, 0.1) is 6.92 Å². The number of hydrogen-bond donors (Lipinski definition) is 2. The van der Waals surface area contributed by atoms with Crippen molar-refractivity contribution in [2.45, 2.75) is 32.1 Å². The molecule has 3 aromatic heterocycles. The largest absolute Gasteiger partial charge is 0.384 e. The van der Waals surface area contributed by atoms with E-state index in [1.807, 2.05) is 13.0 Å². The molecule has 3 N–H and O–H groups in total. The molecule has 8 nitrogen and oxygen atoms in total. The summed E-state index contributed by atoms with van der Waals surface area (Å²) in [4.78, 5) is 27.1. The number of hydrogen-bond acceptors (Lipinski definition) is 7. The van der Waals surface area contributed by atoms with Gasteiger partial charge in [0.05, 0.1) is 12.0 Å². The Balaban J connectivity index is 1.59. The van der Waals surface area contributed by atoms with Gasteiger partial charge in [0.15, 0.2) is 11.5 Å². The van der Waals surface area contributed by atoms with Gasteiger partial charge in [-0.1, -0.05) is 6.92 Å². The van der Waals surface area contributed by atoms with Gasteiger partial charge >= 0.3 is 0 Å². The Morgan fingerprint density at radius 1 is 1.17 bits per heavy atom. The lowest BCUT2D eigenvalue weighted by Crippen LogP contribution is -2.42. The maximum atomic E-state index is 5.90. The van der Waals surface area contributed by atoms with Gasteiger partial charge in [-0.15, -0.1) is 0 Å². The fourth-order valence-corrected chi connectivity index (χ4v) is 3.36. The van der Waals surface area contributed by atoms with Gasteiger partial charge in [-0.05, 0) is 19.8 Å². The van der Waals surface area contributed by atoms with Crippen LogP contribution < -0.4 is 10.6 Å². The number of nitrogens with one attached hydrogen (secondary N) is 1. The van der Waals surface area contributed by atoms with E-state index in [9.17, 15) is 0 Å². The van der Waals surface area contributed by atoms with E-state index in [0.717, 1.165) is 48.8 Å². The Morgan fingerprint density at radius 3 is 2.71 bits per heavy atom. The molecule has 1 fully saturated rings. The molecule has 124 valence electrons. The van der Waals surface area contributed by atoms with E-state index in [4.69, 9.17) is 5.73 Å². The zero-order valence-electron chi connectivity index (χ0n) is 13.8. The third-order valence-corrected chi connectivity index (χ3v) is 4.85. The average molecular weight is 324 g/mol. The molecule has 4 rings (SSSR count). The first-order chi connectivity index (χ1) is 11.5. The van der Waals surface area contributed by atoms with Crippen LogP contribution >= 0.6 is 0 Å². The molecule has 1 saturated heterocycles. The summed E-state index contributed by atoms with van der Waals surface area (Å²) in [5.41, 5.74) is 8.53. The molecular weight excluding hydrogens is 304 g/mol. The molecule has 0 aliphatic carbocycles. The second-order valence-corrected chi connectivity index (χ2v) is 6.57. The number of fused-ring (bicyclic) bond motifs is 1. The van der Waals surface area contributed by atoms with E-state index in [1.54, 1.807) is 12.7 Å². The molecule has 1 aliphatic heterocycles. The van der Waals surface area contributed by atoms with Crippen LogP contribution in [0.5, 0.6) is 0 Å². The van der Waals surface area contributed by atoms with Gasteiger partial charge in [0, 0.05) is 24.6 Å². The first-order valence-electron chi connectivity index (χ1n) is 8.06. The highest BCUT2D eigenvalue weighted by atomic mass is 15.2. The molecule has 8 heteroatoms. The number of piperidine rings is 1. The minimum Gasteiger partial charge on any atom is -0.384 e. The van der Waals surface area contributed by atoms with Crippen LogP contribution in [0.1, 0.15) is 31.3 Å². The number of nitrogens with two attached hydrogens (primary N) is 1. The molecule has 3 aromatic rings. The molecule has 0 unspecified atom stereocenters. The Labute approximate surface area is 139 Å². The zero-order valence-corrected chi connectivity index (χ0v) is 13.8. The van der Waals surface area contributed by atoms with Crippen molar-refractivity contribution in [3.05, 3.63) is 30.2 Å². The second-order valence-electron chi connectivity index (χ2n) is 6.57. The van der Waals surface area contributed by atoms with E-state index >= 15 is 0 Å². The summed E-state index contributed by atoms with van der Waals surface area (Å²) >= 11 is 0. The van der Waals surface area contributed by atoms with Crippen LogP contribution in [0.4, 0.5) is 11.6 Å². The van der Waals surface area contributed by atoms with Gasteiger partial charge in [0.2, 0.25) is 0 Å². The third-order valence-electron chi connectivity index (χ3n) is 4.85. The number of rotatable bonds is 2. The van der Waals surface area contributed by atoms with E-state index in [-0.39, 0.29) is 5.41 Å². The lowest BCUT2D eigenvalue weighted by molar-refractivity contribution is 0.352. The van der Waals surface area contributed by atoms with Gasteiger partial charge in [0.1, 0.15) is 23.5 Å². The first kappa shape index (κ1) is 14.8. The van der Waals surface area contributed by atoms with Crippen molar-refractivity contribution in [1.29, 1.82) is 0 Å². The third kappa shape index (κ3) is 2.44. The molecular formula is C16H20N8. The van der Waals surface area contributed by atoms with Crippen molar-refractivity contribution in [2.75, 3.05) is 23.7 Å². The Kier molecular flexibility index (Phi) is 3.33. The van der Waals surface area contributed by atoms with Crippen LogP contribution in [0.25, 0.3) is 11.2 Å². The van der Waals surface area contributed by atoms with E-state index in [1.165, 1.54) is 0 Å². The number of nitrogen functional groups attached to an aromatic ring is 1. The van der Waals surface area contributed by atoms with Crippen LogP contribution in [-0.4, -0.2) is 43.0 Å². The van der Waals surface area contributed by atoms with Crippen molar-refractivity contribution in [2.24, 2.45) is 0 Å². The number of imidazole rings is 1. The molecule has 0 bridgehead atoms. The molecule has 24 heavy (non-hydrogen) atoms. The van der Waals surface area contributed by atoms with Crippen LogP contribution in [0.15, 0.2) is 18.7 Å². The number of aromatic nitrogens is 6. The maximum Gasteiger partial charge on any atom is 0.182 e. The standard InChI is InChI=1S/C16H20N8/c1-10-22-11(7-12(17)23-10)16(2)3-5-24(6-4-16)15-13-14(19-8-18-13)20-9-21-15/h7-9H,3-6H2,1-2H3,(H2,17,22,23)(H,18,19,20,21). The summed E-state index contributed by atoms with van der Waals surface area (Å²) in [5, 5.41) is 0. The van der Waals surface area contributed by atoms with Gasteiger partial charge in [0.25, 0.3) is 0 Å². The minimum absolute atomic E-state index is 0.00154. The van der Waals surface area contributed by atoms with Gasteiger partial charge in [-0.2, -0.15) is 0 Å². The predicted octanol–water partition coefficient (Wildman–Crippen LogP) is 1.59. The highest BCUT2D eigenvalue weighted by Gasteiger charge is 2.34. The Hall–Kier alpha value is -2.77. The monoisotopic (exact) mass is 324 g/mol. The number of aromatic amines is 1. The van der Waals surface area contributed by atoms with Gasteiger partial charge in [-0.3, -0.25) is 0 Å². The first-order valence-corrected chi connectivity index (χ1v) is 8.06. The fraction of sp³-hybridized carbons (Fsp3) is 0.438. The van der Waals surface area contributed by atoms with E-state index < -0.39 is 0 Å². The molecule has 0 radical (unpaired) electrons. The summed E-state index contributed by atoms with van der Waals surface area (Å²) in [7, 11) is 0. The number of anilines is 2. The summed E-state index contributed by atoms with van der Waals surface area (Å²) in [6, 6.07) is 1.90. The number of aryl methyl sites for hydroxylation is 1. The lowest BCUT2D eigenvalue weighted by atomic mass is 9.77. The van der Waals surface area contributed by atoms with Crippen molar-refractivity contribution in [3.8, 4) is 0 Å². The lowest BCUT2D eigenvalue weighted by Gasteiger charge is -2.39. The fourth-order valence-electron chi connectivity index (χ4n) is 3.36. The van der Waals surface area contributed by atoms with E-state index in [0.29, 0.717) is 11.5 Å². The highest BCUT2D eigenvalue weighted by Crippen LogP contribution is 2.36. The minimum atomic E-state index is -0.00154. The van der Waals surface area contributed by atoms with Gasteiger partial charge < -0.3 is 15.6 Å². The van der Waals surface area contributed by atoms with Crippen molar-refractivity contribution in [1.82, 2.24) is 29.9 Å². The number of H-pyrrole nitrogens is 1. The quantitative estimate of drug-likeness (QED) is 0.736. The smallest absolute Gasteiger partial charge is 0.182 e. The molecule has 0 spiro atoms. The molecule has 0 saturated carbocycles. The topological polar surface area (TPSA) is 110 Å². The normalized spacial score (nSPS) is 17.3. The summed E-state index contributed by atoms with van der Waals surface area (Å²) in [6.07, 6.45) is 5.18. The van der Waals surface area contributed by atoms with Crippen LogP contribution in [0.3, 0.4) is 0 Å². The van der Waals surface area contributed by atoms with E-state index in [2.05, 4.69) is 41.7 Å². The second kappa shape index (κ2) is 5.40. The molecule has 0 amide bonds. The molecule has 0 atom stereocenters. The zero-order chi connectivity index (χ0) is 16.7. The predicted molar refractivity (Wildman–Crippen MR) is 91.7 cm³/mol. The molecule has 0 aromatic carbocycles. The molecule has 1 aliphatic rings. The van der Waals surface area contributed by atoms with Gasteiger partial charge in [-0.25, -0.2) is 24.9 Å². The average Bonchev–Trinajstić information content (AvgIpc) is 3.03. The number of nitrogens with zero attached hydrogens (tertiary/aromatic N) is 6. The maximum absolute atomic E-state index is 5.90. The van der Waals surface area contributed by atoms with Crippen LogP contribution in [0.2, 0.25) is 0 Å². The summed E-state index contributed by atoms with van der Waals surface area (Å²) < 4.78 is 0. The summed E-state index contributed by atoms with van der Waals surface area (Å²) in [5.74, 6) is 2.18. The van der Waals surface area contributed by atoms with Crippen molar-refractivity contribution >= 4 is 22.8 Å². The highest BCUT2D eigenvalue weighted by molar-refractivity contribution is 5.82. The Morgan fingerprint density at radius 2 is 1.96 bits per heavy atom. The molecule has 4 heterocycles. The SMILES string of the molecule is Cc1nc(N)cc(C2(C)CCN(c3ncnc4nc[nH]c34)CC2)n1. The van der Waals surface area contributed by atoms with Crippen molar-refractivity contribution < 1.29 is 0 Å². The van der Waals surface area contributed by atoms with Crippen LogP contribution in [-0.2, 0) is 5.41 Å². The van der Waals surface area contributed by atoms with Crippen molar-refractivity contribution in [3.63, 3.8) is 0 Å².